The molecule has 166 valence electrons. The largest absolute Gasteiger partial charge is 0.491 e. The van der Waals surface area contributed by atoms with Gasteiger partial charge < -0.3 is 19.9 Å². The lowest BCUT2D eigenvalue weighted by atomic mass is 10.0. The number of carbonyl (C=O) groups excluding carboxylic acids is 2. The van der Waals surface area contributed by atoms with Gasteiger partial charge in [-0.15, -0.1) is 0 Å². The van der Waals surface area contributed by atoms with Crippen LogP contribution in [0.3, 0.4) is 0 Å². The van der Waals surface area contributed by atoms with E-state index < -0.39 is 0 Å². The van der Waals surface area contributed by atoms with Crippen molar-refractivity contribution in [3.63, 3.8) is 0 Å². The number of urea groups is 1. The molecule has 0 bridgehead atoms. The van der Waals surface area contributed by atoms with Crippen LogP contribution in [0, 0.1) is 0 Å². The van der Waals surface area contributed by atoms with Crippen LogP contribution in [0.15, 0.2) is 18.2 Å². The summed E-state index contributed by atoms with van der Waals surface area (Å²) < 4.78 is 5.84. The standard InChI is InChI=1S/C23H36N4O3/c1-4-9-25-10-12-26(13-11-25)22(28)8-6-19-5-7-21-20(16-19)17-27(14-15-30-21)23(29)24-18(2)3/h5,7,16,18H,4,6,8-15,17H2,1-3H3,(H,24,29). The summed E-state index contributed by atoms with van der Waals surface area (Å²) in [4.78, 5) is 31.3. The maximum Gasteiger partial charge on any atom is 0.318 e. The Morgan fingerprint density at radius 2 is 1.87 bits per heavy atom. The molecule has 0 atom stereocenters. The molecule has 1 fully saturated rings. The monoisotopic (exact) mass is 416 g/mol. The van der Waals surface area contributed by atoms with Crippen molar-refractivity contribution in [1.29, 1.82) is 0 Å². The summed E-state index contributed by atoms with van der Waals surface area (Å²) in [6.45, 7) is 12.4. The molecule has 2 aliphatic heterocycles. The lowest BCUT2D eigenvalue weighted by molar-refractivity contribution is -0.132. The molecule has 0 spiro atoms. The van der Waals surface area contributed by atoms with Gasteiger partial charge in [-0.3, -0.25) is 9.69 Å². The highest BCUT2D eigenvalue weighted by molar-refractivity contribution is 5.76. The van der Waals surface area contributed by atoms with Crippen molar-refractivity contribution < 1.29 is 14.3 Å². The molecule has 2 aliphatic rings. The number of rotatable bonds is 6. The van der Waals surface area contributed by atoms with E-state index >= 15 is 0 Å². The third-order valence-corrected chi connectivity index (χ3v) is 5.70. The molecule has 2 heterocycles. The molecule has 7 nitrogen and oxygen atoms in total. The number of aryl methyl sites for hydroxylation is 1. The molecule has 0 aliphatic carbocycles. The summed E-state index contributed by atoms with van der Waals surface area (Å²) in [6, 6.07) is 6.13. The highest BCUT2D eigenvalue weighted by atomic mass is 16.5. The Balaban J connectivity index is 1.55. The molecule has 3 rings (SSSR count). The second-order valence-corrected chi connectivity index (χ2v) is 8.54. The number of benzene rings is 1. The Morgan fingerprint density at radius 1 is 1.10 bits per heavy atom. The van der Waals surface area contributed by atoms with Crippen LogP contribution in [0.5, 0.6) is 5.75 Å². The molecule has 3 amide bonds. The van der Waals surface area contributed by atoms with Crippen molar-refractivity contribution in [1.82, 2.24) is 20.0 Å². The first-order valence-electron chi connectivity index (χ1n) is 11.3. The first kappa shape index (κ1) is 22.4. The van der Waals surface area contributed by atoms with Gasteiger partial charge in [0.2, 0.25) is 5.91 Å². The quantitative estimate of drug-likeness (QED) is 0.774. The third kappa shape index (κ3) is 6.11. The molecule has 0 aromatic heterocycles. The molecule has 1 saturated heterocycles. The molecular formula is C23H36N4O3. The van der Waals surface area contributed by atoms with E-state index in [0.29, 0.717) is 32.5 Å². The average Bonchev–Trinajstić information content (AvgIpc) is 2.94. The van der Waals surface area contributed by atoms with Crippen LogP contribution in [-0.2, 0) is 17.8 Å². The lowest BCUT2D eigenvalue weighted by Gasteiger charge is -2.34. The number of fused-ring (bicyclic) bond motifs is 1. The maximum absolute atomic E-state index is 12.6. The fourth-order valence-electron chi connectivity index (χ4n) is 4.06. The summed E-state index contributed by atoms with van der Waals surface area (Å²) in [5.74, 6) is 1.06. The summed E-state index contributed by atoms with van der Waals surface area (Å²) in [7, 11) is 0. The molecule has 1 aromatic carbocycles. The first-order chi connectivity index (χ1) is 14.5. The summed E-state index contributed by atoms with van der Waals surface area (Å²) in [6.07, 6.45) is 2.39. The number of amides is 3. The van der Waals surface area contributed by atoms with Gasteiger partial charge in [-0.2, -0.15) is 0 Å². The smallest absolute Gasteiger partial charge is 0.318 e. The Hall–Kier alpha value is -2.28. The van der Waals surface area contributed by atoms with Crippen LogP contribution >= 0.6 is 0 Å². The minimum Gasteiger partial charge on any atom is -0.491 e. The topological polar surface area (TPSA) is 65.1 Å². The van der Waals surface area contributed by atoms with E-state index in [9.17, 15) is 9.59 Å². The Morgan fingerprint density at radius 3 is 2.57 bits per heavy atom. The van der Waals surface area contributed by atoms with Crippen molar-refractivity contribution in [2.45, 2.75) is 52.6 Å². The predicted octanol–water partition coefficient (Wildman–Crippen LogP) is 2.49. The molecule has 1 aromatic rings. The number of hydrogen-bond acceptors (Lipinski definition) is 4. The van der Waals surface area contributed by atoms with Crippen LogP contribution in [0.1, 0.15) is 44.7 Å². The van der Waals surface area contributed by atoms with E-state index in [1.807, 2.05) is 30.9 Å². The van der Waals surface area contributed by atoms with E-state index in [2.05, 4.69) is 23.2 Å². The number of nitrogens with one attached hydrogen (secondary N) is 1. The van der Waals surface area contributed by atoms with E-state index in [-0.39, 0.29) is 18.0 Å². The fraction of sp³-hybridized carbons (Fsp3) is 0.652. The second kappa shape index (κ2) is 10.7. The van der Waals surface area contributed by atoms with Crippen LogP contribution in [-0.4, -0.2) is 78.6 Å². The number of hydrogen-bond donors (Lipinski definition) is 1. The van der Waals surface area contributed by atoms with Gasteiger partial charge in [-0.25, -0.2) is 4.79 Å². The van der Waals surface area contributed by atoms with Gasteiger partial charge in [0.15, 0.2) is 0 Å². The van der Waals surface area contributed by atoms with Gasteiger partial charge in [0.25, 0.3) is 0 Å². The van der Waals surface area contributed by atoms with Gasteiger partial charge in [-0.1, -0.05) is 19.1 Å². The average molecular weight is 417 g/mol. The van der Waals surface area contributed by atoms with E-state index in [1.54, 1.807) is 4.90 Å². The van der Waals surface area contributed by atoms with Crippen molar-refractivity contribution in [2.75, 3.05) is 45.9 Å². The van der Waals surface area contributed by atoms with Gasteiger partial charge in [-0.05, 0) is 44.9 Å². The van der Waals surface area contributed by atoms with E-state index in [1.165, 1.54) is 0 Å². The van der Waals surface area contributed by atoms with Gasteiger partial charge in [0.05, 0.1) is 13.1 Å². The van der Waals surface area contributed by atoms with Gasteiger partial charge in [0.1, 0.15) is 12.4 Å². The number of piperazine rings is 1. The van der Waals surface area contributed by atoms with Crippen molar-refractivity contribution in [2.24, 2.45) is 0 Å². The molecule has 1 N–H and O–H groups in total. The zero-order valence-electron chi connectivity index (χ0n) is 18.7. The normalized spacial score (nSPS) is 17.3. The van der Waals surface area contributed by atoms with Crippen LogP contribution in [0.25, 0.3) is 0 Å². The maximum atomic E-state index is 12.6. The zero-order valence-corrected chi connectivity index (χ0v) is 18.7. The molecule has 30 heavy (non-hydrogen) atoms. The molecular weight excluding hydrogens is 380 g/mol. The number of carbonyl (C=O) groups is 2. The van der Waals surface area contributed by atoms with E-state index in [4.69, 9.17) is 4.74 Å². The highest BCUT2D eigenvalue weighted by Crippen LogP contribution is 2.25. The lowest BCUT2D eigenvalue weighted by Crippen LogP contribution is -2.48. The number of ether oxygens (including phenoxy) is 1. The minimum atomic E-state index is -0.0655. The van der Waals surface area contributed by atoms with E-state index in [0.717, 1.165) is 56.0 Å². The predicted molar refractivity (Wildman–Crippen MR) is 118 cm³/mol. The minimum absolute atomic E-state index is 0.0655. The Kier molecular flexibility index (Phi) is 7.96. The van der Waals surface area contributed by atoms with Crippen molar-refractivity contribution >= 4 is 11.9 Å². The Bertz CT molecular complexity index is 729. The molecule has 0 radical (unpaired) electrons. The van der Waals surface area contributed by atoms with Crippen molar-refractivity contribution in [3.8, 4) is 5.75 Å². The molecule has 0 unspecified atom stereocenters. The zero-order chi connectivity index (χ0) is 21.5. The highest BCUT2D eigenvalue weighted by Gasteiger charge is 2.22. The van der Waals surface area contributed by atoms with Crippen LogP contribution in [0.2, 0.25) is 0 Å². The molecule has 7 heteroatoms. The molecule has 0 saturated carbocycles. The summed E-state index contributed by atoms with van der Waals surface area (Å²) in [5.41, 5.74) is 2.12. The number of nitrogens with zero attached hydrogens (tertiary/aromatic N) is 3. The fourth-order valence-corrected chi connectivity index (χ4v) is 4.06. The SMILES string of the molecule is CCCN1CCN(C(=O)CCc2ccc3c(c2)CN(C(=O)NC(C)C)CCO3)CC1. The third-order valence-electron chi connectivity index (χ3n) is 5.70. The van der Waals surface area contributed by atoms with Crippen molar-refractivity contribution in [3.05, 3.63) is 29.3 Å². The van der Waals surface area contributed by atoms with Gasteiger partial charge >= 0.3 is 6.03 Å². The summed E-state index contributed by atoms with van der Waals surface area (Å²) >= 11 is 0. The first-order valence-corrected chi connectivity index (χ1v) is 11.3. The second-order valence-electron chi connectivity index (χ2n) is 8.54. The Labute approximate surface area is 180 Å². The summed E-state index contributed by atoms with van der Waals surface area (Å²) in [5, 5.41) is 2.95. The van der Waals surface area contributed by atoms with Crippen LogP contribution in [0.4, 0.5) is 4.79 Å². The van der Waals surface area contributed by atoms with Crippen LogP contribution < -0.4 is 10.1 Å². The van der Waals surface area contributed by atoms with Gasteiger partial charge in [0, 0.05) is 44.2 Å².